The summed E-state index contributed by atoms with van der Waals surface area (Å²) in [5.74, 6) is 0.206. The second-order valence-corrected chi connectivity index (χ2v) is 4.86. The molecular formula is C14H21IO2. The standard InChI is InChI=1S/C14H21IO2/c1-11(5-6-13(3)10-15)9-12(2)7-8-14(16)17-4/h7-11H,5-6H2,1-4H3/b8-7+,12-9+,13-10+. The molecule has 0 rings (SSSR count). The summed E-state index contributed by atoms with van der Waals surface area (Å²) in [6.07, 6.45) is 7.68. The first-order chi connectivity index (χ1) is 7.99. The minimum atomic E-state index is -0.311. The number of halogens is 1. The maximum atomic E-state index is 10.9. The minimum Gasteiger partial charge on any atom is -0.466 e. The molecule has 0 aliphatic rings. The Balaban J connectivity index is 4.19. The van der Waals surface area contributed by atoms with Crippen LogP contribution in [0.4, 0.5) is 0 Å². The fourth-order valence-corrected chi connectivity index (χ4v) is 1.68. The van der Waals surface area contributed by atoms with Crippen molar-refractivity contribution in [2.24, 2.45) is 5.92 Å². The highest BCUT2D eigenvalue weighted by Gasteiger charge is 1.99. The van der Waals surface area contributed by atoms with Crippen LogP contribution in [0, 0.1) is 5.92 Å². The summed E-state index contributed by atoms with van der Waals surface area (Å²) in [5.41, 5.74) is 2.51. The lowest BCUT2D eigenvalue weighted by Crippen LogP contribution is -1.94. The van der Waals surface area contributed by atoms with Gasteiger partial charge in [-0.15, -0.1) is 0 Å². The van der Waals surface area contributed by atoms with Gasteiger partial charge in [0.05, 0.1) is 7.11 Å². The maximum absolute atomic E-state index is 10.9. The van der Waals surface area contributed by atoms with Gasteiger partial charge in [0.1, 0.15) is 0 Å². The van der Waals surface area contributed by atoms with Crippen LogP contribution in [0.25, 0.3) is 0 Å². The predicted octanol–water partition coefficient (Wildman–Crippen LogP) is 4.42. The fraction of sp³-hybridized carbons (Fsp3) is 0.500. The molecule has 0 bridgehead atoms. The summed E-state index contributed by atoms with van der Waals surface area (Å²) in [7, 11) is 1.38. The molecule has 1 atom stereocenters. The van der Waals surface area contributed by atoms with Gasteiger partial charge < -0.3 is 4.74 Å². The van der Waals surface area contributed by atoms with Gasteiger partial charge in [0.2, 0.25) is 0 Å². The highest BCUT2D eigenvalue weighted by molar-refractivity contribution is 14.1. The number of methoxy groups -OCH3 is 1. The SMILES string of the molecule is COC(=O)/C=C/C(C)=C/C(C)CC/C(C)=C/I. The van der Waals surface area contributed by atoms with Gasteiger partial charge in [0.15, 0.2) is 0 Å². The summed E-state index contributed by atoms with van der Waals surface area (Å²) in [4.78, 5) is 10.9. The molecule has 17 heavy (non-hydrogen) atoms. The number of carbonyl (C=O) groups excluding carboxylic acids is 1. The molecule has 2 nitrogen and oxygen atoms in total. The summed E-state index contributed by atoms with van der Waals surface area (Å²) >= 11 is 2.27. The van der Waals surface area contributed by atoms with Crippen LogP contribution < -0.4 is 0 Å². The third kappa shape index (κ3) is 9.15. The number of carbonyl (C=O) groups is 1. The highest BCUT2D eigenvalue weighted by atomic mass is 127. The van der Waals surface area contributed by atoms with Gasteiger partial charge in [0, 0.05) is 6.08 Å². The van der Waals surface area contributed by atoms with Crippen molar-refractivity contribution in [3.05, 3.63) is 33.5 Å². The largest absolute Gasteiger partial charge is 0.466 e. The van der Waals surface area contributed by atoms with E-state index in [0.717, 1.165) is 18.4 Å². The van der Waals surface area contributed by atoms with E-state index >= 15 is 0 Å². The maximum Gasteiger partial charge on any atom is 0.330 e. The molecule has 0 amide bonds. The molecule has 96 valence electrons. The van der Waals surface area contributed by atoms with Gasteiger partial charge in [-0.25, -0.2) is 4.79 Å². The van der Waals surface area contributed by atoms with Crippen LogP contribution in [0.1, 0.15) is 33.6 Å². The van der Waals surface area contributed by atoms with Crippen LogP contribution in [-0.2, 0) is 9.53 Å². The fourth-order valence-electron chi connectivity index (χ4n) is 1.37. The van der Waals surface area contributed by atoms with Crippen molar-refractivity contribution >= 4 is 28.6 Å². The molecule has 1 unspecified atom stereocenters. The molecule has 0 saturated carbocycles. The van der Waals surface area contributed by atoms with E-state index in [-0.39, 0.29) is 5.97 Å². The molecule has 3 heteroatoms. The smallest absolute Gasteiger partial charge is 0.330 e. The van der Waals surface area contributed by atoms with Crippen molar-refractivity contribution < 1.29 is 9.53 Å². The van der Waals surface area contributed by atoms with Gasteiger partial charge in [0.25, 0.3) is 0 Å². The molecule has 0 fully saturated rings. The Kier molecular flexibility index (Phi) is 9.13. The van der Waals surface area contributed by atoms with Crippen LogP contribution in [0.5, 0.6) is 0 Å². The van der Waals surface area contributed by atoms with E-state index in [1.807, 2.05) is 6.92 Å². The second kappa shape index (κ2) is 9.45. The molecule has 0 saturated heterocycles. The van der Waals surface area contributed by atoms with Gasteiger partial charge in [-0.2, -0.15) is 0 Å². The van der Waals surface area contributed by atoms with Crippen molar-refractivity contribution in [1.82, 2.24) is 0 Å². The van der Waals surface area contributed by atoms with Crippen molar-refractivity contribution in [3.8, 4) is 0 Å². The summed E-state index contributed by atoms with van der Waals surface area (Å²) < 4.78 is 6.66. The molecule has 0 aromatic rings. The van der Waals surface area contributed by atoms with E-state index < -0.39 is 0 Å². The zero-order chi connectivity index (χ0) is 13.3. The predicted molar refractivity (Wildman–Crippen MR) is 81.1 cm³/mol. The Bertz CT molecular complexity index is 327. The molecule has 0 radical (unpaired) electrons. The molecule has 0 spiro atoms. The normalized spacial score (nSPS) is 15.1. The molecular weight excluding hydrogens is 327 g/mol. The summed E-state index contributed by atoms with van der Waals surface area (Å²) in [6, 6.07) is 0. The summed E-state index contributed by atoms with van der Waals surface area (Å²) in [6.45, 7) is 6.33. The average molecular weight is 348 g/mol. The second-order valence-electron chi connectivity index (χ2n) is 4.24. The number of hydrogen-bond donors (Lipinski definition) is 0. The third-order valence-electron chi connectivity index (χ3n) is 2.41. The summed E-state index contributed by atoms with van der Waals surface area (Å²) in [5, 5.41) is 0. The van der Waals surface area contributed by atoms with Crippen molar-refractivity contribution in [2.75, 3.05) is 7.11 Å². The van der Waals surface area contributed by atoms with E-state index in [2.05, 4.69) is 51.3 Å². The monoisotopic (exact) mass is 348 g/mol. The molecule has 0 aliphatic carbocycles. The molecule has 0 N–H and O–H groups in total. The van der Waals surface area contributed by atoms with Crippen LogP contribution in [0.2, 0.25) is 0 Å². The number of allylic oxidation sites excluding steroid dienone is 4. The molecule has 0 aliphatic heterocycles. The zero-order valence-corrected chi connectivity index (χ0v) is 13.2. The number of rotatable bonds is 6. The Hall–Kier alpha value is -0.580. The van der Waals surface area contributed by atoms with Crippen LogP contribution in [0.15, 0.2) is 33.5 Å². The van der Waals surface area contributed by atoms with Crippen LogP contribution >= 0.6 is 22.6 Å². The Morgan fingerprint density at radius 3 is 2.53 bits per heavy atom. The topological polar surface area (TPSA) is 26.3 Å². The Labute approximate surface area is 118 Å². The van der Waals surface area contributed by atoms with E-state index in [0.29, 0.717) is 5.92 Å². The number of hydrogen-bond acceptors (Lipinski definition) is 2. The van der Waals surface area contributed by atoms with E-state index in [1.165, 1.54) is 18.8 Å². The van der Waals surface area contributed by atoms with E-state index in [1.54, 1.807) is 6.08 Å². The van der Waals surface area contributed by atoms with Gasteiger partial charge >= 0.3 is 5.97 Å². The first kappa shape index (κ1) is 16.4. The Morgan fingerprint density at radius 1 is 1.35 bits per heavy atom. The highest BCUT2D eigenvalue weighted by Crippen LogP contribution is 2.15. The molecule has 0 aromatic heterocycles. The van der Waals surface area contributed by atoms with E-state index in [9.17, 15) is 4.79 Å². The quantitative estimate of drug-likeness (QED) is 0.307. The van der Waals surface area contributed by atoms with Crippen LogP contribution in [0.3, 0.4) is 0 Å². The van der Waals surface area contributed by atoms with Crippen molar-refractivity contribution in [3.63, 3.8) is 0 Å². The van der Waals surface area contributed by atoms with Crippen molar-refractivity contribution in [2.45, 2.75) is 33.6 Å². The average Bonchev–Trinajstić information content (AvgIpc) is 2.32. The minimum absolute atomic E-state index is 0.311. The lowest BCUT2D eigenvalue weighted by atomic mass is 10.00. The first-order valence-electron chi connectivity index (χ1n) is 5.70. The van der Waals surface area contributed by atoms with Gasteiger partial charge in [-0.3, -0.25) is 0 Å². The Morgan fingerprint density at radius 2 is 2.00 bits per heavy atom. The van der Waals surface area contributed by atoms with Gasteiger partial charge in [-0.1, -0.05) is 52.8 Å². The molecule has 0 heterocycles. The third-order valence-corrected chi connectivity index (χ3v) is 3.47. The zero-order valence-electron chi connectivity index (χ0n) is 11.0. The number of esters is 1. The molecule has 0 aromatic carbocycles. The van der Waals surface area contributed by atoms with Crippen molar-refractivity contribution in [1.29, 1.82) is 0 Å². The lowest BCUT2D eigenvalue weighted by Gasteiger charge is -2.07. The number of ether oxygens (including phenoxy) is 1. The first-order valence-corrected chi connectivity index (χ1v) is 6.94. The lowest BCUT2D eigenvalue weighted by molar-refractivity contribution is -0.134. The van der Waals surface area contributed by atoms with Gasteiger partial charge in [-0.05, 0) is 36.7 Å². The van der Waals surface area contributed by atoms with E-state index in [4.69, 9.17) is 0 Å². The van der Waals surface area contributed by atoms with Crippen LogP contribution in [-0.4, -0.2) is 13.1 Å².